The lowest BCUT2D eigenvalue weighted by molar-refractivity contribution is 0.196. The van der Waals surface area contributed by atoms with E-state index in [-0.39, 0.29) is 5.88 Å². The van der Waals surface area contributed by atoms with Crippen LogP contribution in [0.15, 0.2) is 30.5 Å². The lowest BCUT2D eigenvalue weighted by Gasteiger charge is -2.07. The molecule has 0 aliphatic heterocycles. The summed E-state index contributed by atoms with van der Waals surface area (Å²) in [5.41, 5.74) is 3.40. The van der Waals surface area contributed by atoms with Gasteiger partial charge in [-0.25, -0.2) is 9.48 Å². The minimum atomic E-state index is -0.548. The number of rotatable bonds is 4. The number of H-pyrrole nitrogens is 1. The predicted molar refractivity (Wildman–Crippen MR) is 89.0 cm³/mol. The molecule has 2 N–H and O–H groups in total. The predicted octanol–water partition coefficient (Wildman–Crippen LogP) is 3.19. The van der Waals surface area contributed by atoms with Crippen LogP contribution in [0, 0.1) is 6.92 Å². The van der Waals surface area contributed by atoms with Gasteiger partial charge in [0.1, 0.15) is 5.02 Å². The third-order valence-electron chi connectivity index (χ3n) is 3.70. The highest BCUT2D eigenvalue weighted by Gasteiger charge is 2.13. The normalized spacial score (nSPS) is 10.9. The second-order valence-corrected chi connectivity index (χ2v) is 5.67. The summed E-state index contributed by atoms with van der Waals surface area (Å²) in [7, 11) is 1.66. The number of nitrogens with zero attached hydrogens (tertiary/aromatic N) is 2. The van der Waals surface area contributed by atoms with E-state index >= 15 is 0 Å². The van der Waals surface area contributed by atoms with Crippen LogP contribution in [0.1, 0.15) is 11.3 Å². The molecule has 7 heteroatoms. The molecule has 0 aliphatic carbocycles. The molecule has 0 bridgehead atoms. The summed E-state index contributed by atoms with van der Waals surface area (Å²) in [4.78, 5) is 15.2. The number of halogens is 1. The van der Waals surface area contributed by atoms with Gasteiger partial charge in [-0.3, -0.25) is 0 Å². The molecule has 23 heavy (non-hydrogen) atoms. The van der Waals surface area contributed by atoms with E-state index in [2.05, 4.69) is 21.5 Å². The molecule has 0 aliphatic rings. The fourth-order valence-corrected chi connectivity index (χ4v) is 2.79. The van der Waals surface area contributed by atoms with Gasteiger partial charge in [0, 0.05) is 30.2 Å². The maximum atomic E-state index is 11.9. The summed E-state index contributed by atoms with van der Waals surface area (Å²) >= 11 is 5.90. The number of aryl methyl sites for hydroxylation is 2. The molecular weight excluding hydrogens is 316 g/mol. The Morgan fingerprint density at radius 2 is 2.22 bits per heavy atom. The molecule has 1 amide bonds. The van der Waals surface area contributed by atoms with Crippen LogP contribution in [0.2, 0.25) is 5.02 Å². The summed E-state index contributed by atoms with van der Waals surface area (Å²) in [6.07, 6.45) is 1.59. The standard InChI is InChI=1S/C16H17ClN4O2/c1-10-11(12-5-3-4-6-14(12)20-10)7-8-18-16(22)23-15-13(17)9-19-21(15)2/h3-6,9,20H,7-8H2,1-2H3,(H,18,22). The van der Waals surface area contributed by atoms with Crippen molar-refractivity contribution in [1.82, 2.24) is 20.1 Å². The van der Waals surface area contributed by atoms with Crippen LogP contribution in [0.4, 0.5) is 4.79 Å². The van der Waals surface area contributed by atoms with Crippen molar-refractivity contribution in [2.24, 2.45) is 7.05 Å². The Morgan fingerprint density at radius 1 is 1.43 bits per heavy atom. The van der Waals surface area contributed by atoms with E-state index in [1.165, 1.54) is 21.8 Å². The number of aromatic nitrogens is 3. The summed E-state index contributed by atoms with van der Waals surface area (Å²) < 4.78 is 6.57. The number of nitrogens with one attached hydrogen (secondary N) is 2. The molecule has 0 unspecified atom stereocenters. The lowest BCUT2D eigenvalue weighted by atomic mass is 10.1. The Hall–Kier alpha value is -2.47. The van der Waals surface area contributed by atoms with Crippen LogP contribution in [0.25, 0.3) is 10.9 Å². The molecule has 0 atom stereocenters. The van der Waals surface area contributed by atoms with Crippen LogP contribution in [-0.4, -0.2) is 27.4 Å². The number of carbonyl (C=O) groups is 1. The van der Waals surface area contributed by atoms with E-state index in [4.69, 9.17) is 16.3 Å². The Morgan fingerprint density at radius 3 is 2.96 bits per heavy atom. The van der Waals surface area contributed by atoms with E-state index in [9.17, 15) is 4.79 Å². The lowest BCUT2D eigenvalue weighted by Crippen LogP contribution is -2.29. The molecule has 3 rings (SSSR count). The van der Waals surface area contributed by atoms with Crippen LogP contribution >= 0.6 is 11.6 Å². The van der Waals surface area contributed by atoms with Crippen LogP contribution in [0.3, 0.4) is 0 Å². The maximum Gasteiger partial charge on any atom is 0.413 e. The summed E-state index contributed by atoms with van der Waals surface area (Å²) in [6, 6.07) is 8.11. The highest BCUT2D eigenvalue weighted by atomic mass is 35.5. The molecule has 0 saturated heterocycles. The van der Waals surface area contributed by atoms with E-state index in [0.717, 1.165) is 11.2 Å². The van der Waals surface area contributed by atoms with Gasteiger partial charge in [0.05, 0.1) is 6.20 Å². The fraction of sp³-hybridized carbons (Fsp3) is 0.250. The Labute approximate surface area is 138 Å². The number of para-hydroxylation sites is 1. The number of hydrogen-bond acceptors (Lipinski definition) is 3. The number of fused-ring (bicyclic) bond motifs is 1. The van der Waals surface area contributed by atoms with Crippen molar-refractivity contribution in [3.63, 3.8) is 0 Å². The Kier molecular flexibility index (Phi) is 4.25. The van der Waals surface area contributed by atoms with E-state index in [1.807, 2.05) is 25.1 Å². The average Bonchev–Trinajstić information content (AvgIpc) is 3.01. The molecule has 6 nitrogen and oxygen atoms in total. The topological polar surface area (TPSA) is 71.9 Å². The van der Waals surface area contributed by atoms with Crippen molar-refractivity contribution in [1.29, 1.82) is 0 Å². The van der Waals surface area contributed by atoms with Crippen molar-refractivity contribution in [3.05, 3.63) is 46.7 Å². The molecule has 0 saturated carbocycles. The van der Waals surface area contributed by atoms with Crippen molar-refractivity contribution in [2.45, 2.75) is 13.3 Å². The van der Waals surface area contributed by atoms with Crippen molar-refractivity contribution < 1.29 is 9.53 Å². The number of aromatic amines is 1. The Bertz CT molecular complexity index is 834. The van der Waals surface area contributed by atoms with Gasteiger partial charge < -0.3 is 15.0 Å². The second kappa shape index (κ2) is 6.34. The molecule has 120 valence electrons. The fourth-order valence-electron chi connectivity index (χ4n) is 2.58. The maximum absolute atomic E-state index is 11.9. The zero-order valence-corrected chi connectivity index (χ0v) is 13.6. The van der Waals surface area contributed by atoms with Gasteiger partial charge in [0.2, 0.25) is 5.88 Å². The SMILES string of the molecule is Cc1[nH]c2ccccc2c1CCNC(=O)Oc1c(Cl)cnn1C. The highest BCUT2D eigenvalue weighted by Crippen LogP contribution is 2.23. The third-order valence-corrected chi connectivity index (χ3v) is 3.96. The number of hydrogen-bond donors (Lipinski definition) is 2. The highest BCUT2D eigenvalue weighted by molar-refractivity contribution is 6.31. The third kappa shape index (κ3) is 3.17. The molecular formula is C16H17ClN4O2. The molecule has 3 aromatic rings. The number of ether oxygens (including phenoxy) is 1. The van der Waals surface area contributed by atoms with Crippen molar-refractivity contribution in [2.75, 3.05) is 6.54 Å². The minimum absolute atomic E-state index is 0.229. The zero-order chi connectivity index (χ0) is 16.4. The largest absolute Gasteiger partial charge is 0.413 e. The second-order valence-electron chi connectivity index (χ2n) is 5.26. The van der Waals surface area contributed by atoms with Crippen LogP contribution in [-0.2, 0) is 13.5 Å². The van der Waals surface area contributed by atoms with Gasteiger partial charge >= 0.3 is 6.09 Å². The first-order chi connectivity index (χ1) is 11.1. The monoisotopic (exact) mass is 332 g/mol. The molecule has 2 aromatic heterocycles. The van der Waals surface area contributed by atoms with Crippen molar-refractivity contribution >= 4 is 28.6 Å². The zero-order valence-electron chi connectivity index (χ0n) is 12.9. The number of amides is 1. The van der Waals surface area contributed by atoms with Gasteiger partial charge in [-0.15, -0.1) is 0 Å². The first kappa shape index (κ1) is 15.4. The molecule has 0 radical (unpaired) electrons. The summed E-state index contributed by atoms with van der Waals surface area (Å²) in [6.45, 7) is 2.50. The minimum Gasteiger partial charge on any atom is -0.390 e. The first-order valence-electron chi connectivity index (χ1n) is 7.25. The van der Waals surface area contributed by atoms with Gasteiger partial charge in [-0.05, 0) is 25.0 Å². The Balaban J connectivity index is 1.60. The molecule has 2 heterocycles. The van der Waals surface area contributed by atoms with Gasteiger partial charge in [0.25, 0.3) is 0 Å². The summed E-state index contributed by atoms with van der Waals surface area (Å²) in [5, 5.41) is 8.12. The first-order valence-corrected chi connectivity index (χ1v) is 7.63. The van der Waals surface area contributed by atoms with Gasteiger partial charge in [0.15, 0.2) is 0 Å². The van der Waals surface area contributed by atoms with Crippen molar-refractivity contribution in [3.8, 4) is 5.88 Å². The summed E-state index contributed by atoms with van der Waals surface area (Å²) in [5.74, 6) is 0.229. The quantitative estimate of drug-likeness (QED) is 0.770. The molecule has 1 aromatic carbocycles. The van der Waals surface area contributed by atoms with E-state index < -0.39 is 6.09 Å². The van der Waals surface area contributed by atoms with Gasteiger partial charge in [-0.1, -0.05) is 29.8 Å². The van der Waals surface area contributed by atoms with Crippen LogP contribution in [0.5, 0.6) is 5.88 Å². The van der Waals surface area contributed by atoms with Gasteiger partial charge in [-0.2, -0.15) is 5.10 Å². The number of carbonyl (C=O) groups excluding carboxylic acids is 1. The van der Waals surface area contributed by atoms with E-state index in [0.29, 0.717) is 18.0 Å². The molecule has 0 spiro atoms. The van der Waals surface area contributed by atoms with Crippen LogP contribution < -0.4 is 10.1 Å². The van der Waals surface area contributed by atoms with E-state index in [1.54, 1.807) is 7.05 Å². The number of benzene rings is 1. The smallest absolute Gasteiger partial charge is 0.390 e. The molecule has 0 fully saturated rings. The average molecular weight is 333 g/mol.